The van der Waals surface area contributed by atoms with Crippen LogP contribution in [0.4, 0.5) is 10.8 Å². The number of benzene rings is 2. The number of hydrogen-bond acceptors (Lipinski definition) is 6. The van der Waals surface area contributed by atoms with Gasteiger partial charge in [0, 0.05) is 13.0 Å². The van der Waals surface area contributed by atoms with Crippen molar-refractivity contribution in [3.05, 3.63) is 40.9 Å². The van der Waals surface area contributed by atoms with E-state index in [9.17, 15) is 9.59 Å². The molecule has 0 bridgehead atoms. The molecule has 1 heterocycles. The highest BCUT2D eigenvalue weighted by Crippen LogP contribution is 2.33. The highest BCUT2D eigenvalue weighted by Gasteiger charge is 2.18. The third-order valence-corrected chi connectivity index (χ3v) is 4.91. The topological polar surface area (TPSA) is 89.5 Å². The Morgan fingerprint density at radius 2 is 1.89 bits per heavy atom. The largest absolute Gasteiger partial charge is 0.497 e. The van der Waals surface area contributed by atoms with Gasteiger partial charge in [0.05, 0.1) is 40.7 Å². The SMILES string of the molecule is COc1ccc2nc(NC(=O)c3cc(Cl)c(NC(C)=O)cc3OC)sc2c1. The van der Waals surface area contributed by atoms with Crippen molar-refractivity contribution in [2.75, 3.05) is 24.9 Å². The lowest BCUT2D eigenvalue weighted by molar-refractivity contribution is -0.114. The Balaban J connectivity index is 1.89. The van der Waals surface area contributed by atoms with Crippen LogP contribution in [0.15, 0.2) is 30.3 Å². The van der Waals surface area contributed by atoms with E-state index in [1.54, 1.807) is 13.2 Å². The molecular formula is C18H16ClN3O4S. The van der Waals surface area contributed by atoms with E-state index in [4.69, 9.17) is 21.1 Å². The van der Waals surface area contributed by atoms with Crippen LogP contribution in [-0.2, 0) is 4.79 Å². The summed E-state index contributed by atoms with van der Waals surface area (Å²) in [7, 11) is 3.02. The lowest BCUT2D eigenvalue weighted by Crippen LogP contribution is -2.14. The molecular weight excluding hydrogens is 390 g/mol. The van der Waals surface area contributed by atoms with E-state index in [-0.39, 0.29) is 22.2 Å². The monoisotopic (exact) mass is 405 g/mol. The Kier molecular flexibility index (Phi) is 5.48. The molecule has 0 saturated carbocycles. The van der Waals surface area contributed by atoms with E-state index in [1.165, 1.54) is 37.5 Å². The second-order valence-corrected chi connectivity index (χ2v) is 6.96. The van der Waals surface area contributed by atoms with Crippen molar-refractivity contribution in [1.29, 1.82) is 0 Å². The minimum absolute atomic E-state index is 0.227. The van der Waals surface area contributed by atoms with Crippen molar-refractivity contribution in [1.82, 2.24) is 4.98 Å². The van der Waals surface area contributed by atoms with Gasteiger partial charge in [-0.25, -0.2) is 4.98 Å². The number of rotatable bonds is 5. The Morgan fingerprint density at radius 3 is 2.56 bits per heavy atom. The summed E-state index contributed by atoms with van der Waals surface area (Å²) < 4.78 is 11.3. The van der Waals surface area contributed by atoms with Gasteiger partial charge in [-0.3, -0.25) is 14.9 Å². The molecule has 3 rings (SSSR count). The fourth-order valence-electron chi connectivity index (χ4n) is 2.43. The van der Waals surface area contributed by atoms with E-state index < -0.39 is 5.91 Å². The number of fused-ring (bicyclic) bond motifs is 1. The van der Waals surface area contributed by atoms with Gasteiger partial charge in [0.25, 0.3) is 5.91 Å². The smallest absolute Gasteiger partial charge is 0.261 e. The van der Waals surface area contributed by atoms with E-state index in [2.05, 4.69) is 15.6 Å². The number of thiazole rings is 1. The van der Waals surface area contributed by atoms with E-state index in [0.29, 0.717) is 16.6 Å². The van der Waals surface area contributed by atoms with Gasteiger partial charge in [-0.05, 0) is 24.3 Å². The fourth-order valence-corrected chi connectivity index (χ4v) is 3.54. The molecule has 3 aromatic rings. The normalized spacial score (nSPS) is 10.5. The predicted molar refractivity (Wildman–Crippen MR) is 106 cm³/mol. The van der Waals surface area contributed by atoms with Crippen LogP contribution in [0.25, 0.3) is 10.2 Å². The fraction of sp³-hybridized carbons (Fsp3) is 0.167. The quantitative estimate of drug-likeness (QED) is 0.664. The van der Waals surface area contributed by atoms with Crippen LogP contribution in [0.1, 0.15) is 17.3 Å². The Bertz CT molecular complexity index is 1030. The minimum Gasteiger partial charge on any atom is -0.497 e. The predicted octanol–water partition coefficient (Wildman–Crippen LogP) is 4.18. The number of aromatic nitrogens is 1. The van der Waals surface area contributed by atoms with Crippen LogP contribution >= 0.6 is 22.9 Å². The first kappa shape index (κ1) is 18.9. The number of amides is 2. The maximum absolute atomic E-state index is 12.7. The maximum atomic E-state index is 12.7. The number of ether oxygens (including phenoxy) is 2. The summed E-state index contributed by atoms with van der Waals surface area (Å²) in [5.74, 6) is 0.296. The first-order valence-corrected chi connectivity index (χ1v) is 9.01. The second kappa shape index (κ2) is 7.81. The standard InChI is InChI=1S/C18H16ClN3O4S/c1-9(23)20-14-8-15(26-3)11(7-12(14)19)17(24)22-18-21-13-5-4-10(25-2)6-16(13)27-18/h4-8H,1-3H3,(H,20,23)(H,21,22,24). The third kappa shape index (κ3) is 4.12. The molecule has 0 aliphatic carbocycles. The van der Waals surface area contributed by atoms with Crippen LogP contribution in [0.3, 0.4) is 0 Å². The molecule has 0 unspecified atom stereocenters. The summed E-state index contributed by atoms with van der Waals surface area (Å²) in [5, 5.41) is 6.00. The lowest BCUT2D eigenvalue weighted by Gasteiger charge is -2.12. The van der Waals surface area contributed by atoms with Crippen LogP contribution in [0, 0.1) is 0 Å². The molecule has 140 valence electrons. The molecule has 0 aliphatic rings. The summed E-state index contributed by atoms with van der Waals surface area (Å²) in [6, 6.07) is 8.42. The third-order valence-electron chi connectivity index (χ3n) is 3.66. The average molecular weight is 406 g/mol. The summed E-state index contributed by atoms with van der Waals surface area (Å²) in [6.07, 6.45) is 0. The van der Waals surface area contributed by atoms with Gasteiger partial charge in [0.15, 0.2) is 5.13 Å². The number of hydrogen-bond donors (Lipinski definition) is 2. The van der Waals surface area contributed by atoms with Gasteiger partial charge in [-0.15, -0.1) is 0 Å². The molecule has 9 heteroatoms. The van der Waals surface area contributed by atoms with Crippen LogP contribution < -0.4 is 20.1 Å². The molecule has 0 aliphatic heterocycles. The summed E-state index contributed by atoms with van der Waals surface area (Å²) in [4.78, 5) is 28.3. The number of nitrogens with zero attached hydrogens (tertiary/aromatic N) is 1. The van der Waals surface area contributed by atoms with Crippen molar-refractivity contribution in [2.24, 2.45) is 0 Å². The van der Waals surface area contributed by atoms with Crippen LogP contribution in [0.2, 0.25) is 5.02 Å². The van der Waals surface area contributed by atoms with Crippen molar-refractivity contribution < 1.29 is 19.1 Å². The molecule has 0 radical (unpaired) electrons. The zero-order valence-corrected chi connectivity index (χ0v) is 16.3. The highest BCUT2D eigenvalue weighted by molar-refractivity contribution is 7.22. The van der Waals surface area contributed by atoms with Crippen LogP contribution in [-0.4, -0.2) is 31.0 Å². The summed E-state index contributed by atoms with van der Waals surface area (Å²) >= 11 is 7.50. The molecule has 2 aromatic carbocycles. The van der Waals surface area contributed by atoms with Crippen molar-refractivity contribution in [3.8, 4) is 11.5 Å². The molecule has 2 N–H and O–H groups in total. The number of carbonyl (C=O) groups excluding carboxylic acids is 2. The van der Waals surface area contributed by atoms with E-state index >= 15 is 0 Å². The molecule has 1 aromatic heterocycles. The zero-order chi connectivity index (χ0) is 19.6. The first-order chi connectivity index (χ1) is 12.9. The summed E-state index contributed by atoms with van der Waals surface area (Å²) in [6.45, 7) is 1.37. The molecule has 27 heavy (non-hydrogen) atoms. The number of nitrogens with one attached hydrogen (secondary N) is 2. The Morgan fingerprint density at radius 1 is 1.11 bits per heavy atom. The van der Waals surface area contributed by atoms with Gasteiger partial charge >= 0.3 is 0 Å². The van der Waals surface area contributed by atoms with E-state index in [0.717, 1.165) is 10.2 Å². The Hall–Kier alpha value is -2.84. The molecule has 2 amide bonds. The van der Waals surface area contributed by atoms with Gasteiger partial charge in [-0.1, -0.05) is 22.9 Å². The van der Waals surface area contributed by atoms with Gasteiger partial charge in [-0.2, -0.15) is 0 Å². The van der Waals surface area contributed by atoms with Crippen LogP contribution in [0.5, 0.6) is 11.5 Å². The minimum atomic E-state index is -0.422. The molecule has 0 saturated heterocycles. The Labute approximate surface area is 164 Å². The highest BCUT2D eigenvalue weighted by atomic mass is 35.5. The van der Waals surface area contributed by atoms with Gasteiger partial charge < -0.3 is 14.8 Å². The number of methoxy groups -OCH3 is 2. The molecule has 0 atom stereocenters. The molecule has 0 spiro atoms. The lowest BCUT2D eigenvalue weighted by atomic mass is 10.1. The second-order valence-electron chi connectivity index (χ2n) is 5.52. The summed E-state index contributed by atoms with van der Waals surface area (Å²) in [5.41, 5.74) is 1.35. The van der Waals surface area contributed by atoms with E-state index in [1.807, 2.05) is 12.1 Å². The number of halogens is 1. The average Bonchev–Trinajstić information content (AvgIpc) is 3.03. The van der Waals surface area contributed by atoms with Gasteiger partial charge in [0.1, 0.15) is 11.5 Å². The zero-order valence-electron chi connectivity index (χ0n) is 14.8. The van der Waals surface area contributed by atoms with Crippen molar-refractivity contribution in [3.63, 3.8) is 0 Å². The van der Waals surface area contributed by atoms with Gasteiger partial charge in [0.2, 0.25) is 5.91 Å². The maximum Gasteiger partial charge on any atom is 0.261 e. The van der Waals surface area contributed by atoms with Crippen molar-refractivity contribution in [2.45, 2.75) is 6.92 Å². The first-order valence-electron chi connectivity index (χ1n) is 7.82. The molecule has 0 fully saturated rings. The molecule has 7 nitrogen and oxygen atoms in total. The number of carbonyl (C=O) groups is 2. The van der Waals surface area contributed by atoms with Crippen molar-refractivity contribution >= 4 is 55.8 Å². The number of anilines is 2.